The highest BCUT2D eigenvalue weighted by molar-refractivity contribution is 5.37. The summed E-state index contributed by atoms with van der Waals surface area (Å²) in [6.45, 7) is 11.7. The zero-order valence-corrected chi connectivity index (χ0v) is 11.5. The molecule has 0 aliphatic carbocycles. The molecule has 0 bridgehead atoms. The smallest absolute Gasteiger partial charge is 0.147 e. The Morgan fingerprint density at radius 3 is 2.83 bits per heavy atom. The van der Waals surface area contributed by atoms with Gasteiger partial charge in [-0.05, 0) is 19.4 Å². The van der Waals surface area contributed by atoms with E-state index in [1.165, 1.54) is 0 Å². The Balaban J connectivity index is 2.68. The fraction of sp³-hybridized carbons (Fsp3) is 0.571. The third-order valence-corrected chi connectivity index (χ3v) is 2.57. The van der Waals surface area contributed by atoms with E-state index in [-0.39, 0.29) is 0 Å². The molecule has 0 atom stereocenters. The van der Waals surface area contributed by atoms with Crippen molar-refractivity contribution < 1.29 is 0 Å². The molecule has 1 N–H and O–H groups in total. The van der Waals surface area contributed by atoms with Crippen LogP contribution >= 0.6 is 0 Å². The van der Waals surface area contributed by atoms with Crippen molar-refractivity contribution in [2.45, 2.75) is 33.2 Å². The molecule has 0 spiro atoms. The first-order valence-electron chi connectivity index (χ1n) is 6.69. The molecular weight excluding hydrogens is 224 g/mol. The van der Waals surface area contributed by atoms with Crippen LogP contribution in [0.5, 0.6) is 0 Å². The number of nitrogens with zero attached hydrogens (tertiary/aromatic N) is 3. The Labute approximate surface area is 110 Å². The second kappa shape index (κ2) is 8.64. The van der Waals surface area contributed by atoms with Gasteiger partial charge in [-0.1, -0.05) is 19.9 Å². The highest BCUT2D eigenvalue weighted by atomic mass is 15.2. The van der Waals surface area contributed by atoms with Gasteiger partial charge < -0.3 is 10.2 Å². The largest absolute Gasteiger partial charge is 0.352 e. The Kier molecular flexibility index (Phi) is 7.03. The van der Waals surface area contributed by atoms with E-state index in [0.717, 1.165) is 50.5 Å². The third kappa shape index (κ3) is 4.84. The van der Waals surface area contributed by atoms with E-state index < -0.39 is 0 Å². The fourth-order valence-electron chi connectivity index (χ4n) is 1.75. The normalized spacial score (nSPS) is 10.3. The van der Waals surface area contributed by atoms with E-state index in [1.54, 1.807) is 0 Å². The summed E-state index contributed by atoms with van der Waals surface area (Å²) in [6, 6.07) is 0. The fourth-order valence-corrected chi connectivity index (χ4v) is 1.75. The number of hydrogen-bond acceptors (Lipinski definition) is 4. The summed E-state index contributed by atoms with van der Waals surface area (Å²) in [5.41, 5.74) is 0.992. The molecule has 0 fully saturated rings. The maximum absolute atomic E-state index is 4.64. The van der Waals surface area contributed by atoms with Crippen LogP contribution in [-0.4, -0.2) is 29.6 Å². The number of nitrogens with one attached hydrogen (secondary N) is 1. The molecule has 0 aromatic carbocycles. The summed E-state index contributed by atoms with van der Waals surface area (Å²) < 4.78 is 0. The van der Waals surface area contributed by atoms with Crippen LogP contribution < -0.4 is 10.2 Å². The lowest BCUT2D eigenvalue weighted by Gasteiger charge is -2.21. The molecule has 1 aromatic heterocycles. The van der Waals surface area contributed by atoms with Crippen molar-refractivity contribution in [3.05, 3.63) is 30.7 Å². The summed E-state index contributed by atoms with van der Waals surface area (Å²) in [4.78, 5) is 11.1. The number of anilines is 1. The molecule has 1 aromatic rings. The monoisotopic (exact) mass is 248 g/mol. The molecule has 0 amide bonds. The first-order valence-corrected chi connectivity index (χ1v) is 6.69. The highest BCUT2D eigenvalue weighted by Gasteiger charge is 2.06. The van der Waals surface area contributed by atoms with Gasteiger partial charge in [-0.3, -0.25) is 4.98 Å². The Bertz CT molecular complexity index is 351. The van der Waals surface area contributed by atoms with Gasteiger partial charge in [-0.15, -0.1) is 6.58 Å². The quantitative estimate of drug-likeness (QED) is 0.538. The van der Waals surface area contributed by atoms with Crippen molar-refractivity contribution in [1.82, 2.24) is 15.3 Å². The van der Waals surface area contributed by atoms with Gasteiger partial charge in [0.25, 0.3) is 0 Å². The van der Waals surface area contributed by atoms with Crippen LogP contribution in [0.3, 0.4) is 0 Å². The highest BCUT2D eigenvalue weighted by Crippen LogP contribution is 2.10. The predicted octanol–water partition coefficient (Wildman–Crippen LogP) is 2.38. The Morgan fingerprint density at radius 2 is 2.17 bits per heavy atom. The van der Waals surface area contributed by atoms with Crippen LogP contribution in [0.2, 0.25) is 0 Å². The van der Waals surface area contributed by atoms with E-state index in [2.05, 4.69) is 40.6 Å². The van der Waals surface area contributed by atoms with Crippen LogP contribution in [0, 0.1) is 0 Å². The van der Waals surface area contributed by atoms with Crippen LogP contribution in [0.4, 0.5) is 5.82 Å². The van der Waals surface area contributed by atoms with Gasteiger partial charge in [0.2, 0.25) is 0 Å². The molecule has 0 aliphatic heterocycles. The summed E-state index contributed by atoms with van der Waals surface area (Å²) in [7, 11) is 0. The minimum Gasteiger partial charge on any atom is -0.352 e. The van der Waals surface area contributed by atoms with Crippen molar-refractivity contribution in [2.24, 2.45) is 0 Å². The molecule has 1 heterocycles. The first kappa shape index (κ1) is 14.6. The minimum absolute atomic E-state index is 0.780. The summed E-state index contributed by atoms with van der Waals surface area (Å²) >= 11 is 0. The van der Waals surface area contributed by atoms with Gasteiger partial charge in [0.15, 0.2) is 0 Å². The molecule has 4 nitrogen and oxygen atoms in total. The zero-order valence-electron chi connectivity index (χ0n) is 11.5. The minimum atomic E-state index is 0.780. The van der Waals surface area contributed by atoms with Gasteiger partial charge >= 0.3 is 0 Å². The van der Waals surface area contributed by atoms with E-state index >= 15 is 0 Å². The zero-order chi connectivity index (χ0) is 13.2. The topological polar surface area (TPSA) is 41.1 Å². The first-order chi connectivity index (χ1) is 8.81. The van der Waals surface area contributed by atoms with Crippen molar-refractivity contribution in [3.63, 3.8) is 0 Å². The second-order valence-electron chi connectivity index (χ2n) is 4.28. The van der Waals surface area contributed by atoms with Gasteiger partial charge in [-0.2, -0.15) is 0 Å². The van der Waals surface area contributed by atoms with Crippen LogP contribution in [0.15, 0.2) is 25.0 Å². The second-order valence-corrected chi connectivity index (χ2v) is 4.28. The maximum atomic E-state index is 4.64. The molecule has 1 rings (SSSR count). The van der Waals surface area contributed by atoms with E-state index in [1.807, 2.05) is 18.5 Å². The molecule has 0 saturated carbocycles. The van der Waals surface area contributed by atoms with Crippen molar-refractivity contribution >= 4 is 5.82 Å². The van der Waals surface area contributed by atoms with Gasteiger partial charge in [0.1, 0.15) is 5.82 Å². The lowest BCUT2D eigenvalue weighted by molar-refractivity contribution is 0.660. The molecule has 0 radical (unpaired) electrons. The molecule has 0 unspecified atom stereocenters. The molecule has 18 heavy (non-hydrogen) atoms. The van der Waals surface area contributed by atoms with Crippen LogP contribution in [0.1, 0.15) is 32.4 Å². The summed E-state index contributed by atoms with van der Waals surface area (Å²) in [5, 5.41) is 3.34. The van der Waals surface area contributed by atoms with E-state index in [9.17, 15) is 0 Å². The van der Waals surface area contributed by atoms with Crippen molar-refractivity contribution in [3.8, 4) is 0 Å². The van der Waals surface area contributed by atoms with Crippen molar-refractivity contribution in [2.75, 3.05) is 24.5 Å². The predicted molar refractivity (Wildman–Crippen MR) is 76.7 cm³/mol. The summed E-state index contributed by atoms with van der Waals surface area (Å²) in [6.07, 6.45) is 7.77. The molecule has 0 saturated heterocycles. The SMILES string of the molecule is C=CCN(CCC)c1cncc(CNCCC)n1. The maximum Gasteiger partial charge on any atom is 0.147 e. The van der Waals surface area contributed by atoms with Gasteiger partial charge in [0.05, 0.1) is 11.9 Å². The van der Waals surface area contributed by atoms with Crippen LogP contribution in [0.25, 0.3) is 0 Å². The number of aromatic nitrogens is 2. The molecule has 100 valence electrons. The van der Waals surface area contributed by atoms with Crippen molar-refractivity contribution in [1.29, 1.82) is 0 Å². The number of rotatable bonds is 9. The molecule has 0 aliphatic rings. The van der Waals surface area contributed by atoms with E-state index in [0.29, 0.717) is 0 Å². The van der Waals surface area contributed by atoms with Gasteiger partial charge in [-0.25, -0.2) is 4.98 Å². The lowest BCUT2D eigenvalue weighted by atomic mass is 10.3. The lowest BCUT2D eigenvalue weighted by Crippen LogP contribution is -2.26. The molecule has 4 heteroatoms. The Hall–Kier alpha value is -1.42. The van der Waals surface area contributed by atoms with Gasteiger partial charge in [0, 0.05) is 25.8 Å². The third-order valence-electron chi connectivity index (χ3n) is 2.57. The Morgan fingerprint density at radius 1 is 1.33 bits per heavy atom. The van der Waals surface area contributed by atoms with Crippen LogP contribution in [-0.2, 0) is 6.54 Å². The number of hydrogen-bond donors (Lipinski definition) is 1. The summed E-state index contributed by atoms with van der Waals surface area (Å²) in [5.74, 6) is 0.938. The molecular formula is C14H24N4. The standard InChI is InChI=1S/C14H24N4/c1-4-7-15-10-13-11-16-12-14(17-13)18(8-5-2)9-6-3/h5,11-12,15H,2,4,6-10H2,1,3H3. The van der Waals surface area contributed by atoms with E-state index in [4.69, 9.17) is 0 Å². The average molecular weight is 248 g/mol. The average Bonchev–Trinajstić information content (AvgIpc) is 2.39.